The average molecular weight is 240 g/mol. The van der Waals surface area contributed by atoms with Crippen LogP contribution >= 0.6 is 0 Å². The fraction of sp³-hybridized carbons (Fsp3) is 0.846. The van der Waals surface area contributed by atoms with Gasteiger partial charge in [-0.15, -0.1) is 0 Å². The van der Waals surface area contributed by atoms with E-state index in [4.69, 9.17) is 0 Å². The Hall–Kier alpha value is -1.24. The fourth-order valence-corrected chi connectivity index (χ4v) is 1.10. The molecule has 0 saturated heterocycles. The van der Waals surface area contributed by atoms with Crippen molar-refractivity contribution in [1.29, 1.82) is 0 Å². The highest BCUT2D eigenvalue weighted by Crippen LogP contribution is 2.21. The highest BCUT2D eigenvalue weighted by Gasteiger charge is 2.07. The largest absolute Gasteiger partial charge is 0.235 e. The fourth-order valence-electron chi connectivity index (χ4n) is 1.10. The lowest BCUT2D eigenvalue weighted by Crippen LogP contribution is -2.03. The van der Waals surface area contributed by atoms with Crippen LogP contribution in [-0.2, 0) is 9.59 Å². The maximum absolute atomic E-state index is 9.34. The third-order valence-electron chi connectivity index (χ3n) is 1.98. The molecule has 0 rings (SSSR count). The molecule has 4 heteroatoms. The van der Waals surface area contributed by atoms with Crippen LogP contribution in [0.5, 0.6) is 0 Å². The van der Waals surface area contributed by atoms with Gasteiger partial charge in [0, 0.05) is 0 Å². The molecular formula is C13H24N2O2. The van der Waals surface area contributed by atoms with Crippen LogP contribution in [0, 0.1) is 5.41 Å². The van der Waals surface area contributed by atoms with Crippen LogP contribution in [0.15, 0.2) is 9.98 Å². The molecule has 4 nitrogen and oxygen atoms in total. The van der Waals surface area contributed by atoms with Gasteiger partial charge in [0.1, 0.15) is 0 Å². The van der Waals surface area contributed by atoms with Crippen molar-refractivity contribution in [2.45, 2.75) is 53.4 Å². The van der Waals surface area contributed by atoms with E-state index in [0.29, 0.717) is 5.41 Å². The Kier molecular flexibility index (Phi) is 13.7. The molecule has 0 N–H and O–H groups in total. The summed E-state index contributed by atoms with van der Waals surface area (Å²) in [5, 5.41) is 0. The first kappa shape index (κ1) is 18.1. The van der Waals surface area contributed by atoms with Crippen molar-refractivity contribution in [2.75, 3.05) is 13.1 Å². The van der Waals surface area contributed by atoms with E-state index >= 15 is 0 Å². The van der Waals surface area contributed by atoms with E-state index in [1.54, 1.807) is 0 Å². The van der Waals surface area contributed by atoms with Gasteiger partial charge in [0.2, 0.25) is 12.2 Å². The standard InChI is InChI=1S/C9H20.C4H4N2O2/c1-5-6-7-8-9(2,3)4;7-3-5-1-2-6-4-8/h5-8H2,1-4H3;1-2H2. The van der Waals surface area contributed by atoms with E-state index in [9.17, 15) is 9.59 Å². The second-order valence-electron chi connectivity index (χ2n) is 4.96. The predicted octanol–water partition coefficient (Wildman–Crippen LogP) is 3.27. The topological polar surface area (TPSA) is 58.9 Å². The molecule has 0 aliphatic carbocycles. The molecule has 0 heterocycles. The molecular weight excluding hydrogens is 216 g/mol. The summed E-state index contributed by atoms with van der Waals surface area (Å²) >= 11 is 0. The summed E-state index contributed by atoms with van der Waals surface area (Å²) < 4.78 is 0. The number of isocyanates is 2. The normalized spacial score (nSPS) is 9.41. The molecule has 0 atom stereocenters. The number of hydrogen-bond acceptors (Lipinski definition) is 4. The third-order valence-corrected chi connectivity index (χ3v) is 1.98. The Balaban J connectivity index is 0. The van der Waals surface area contributed by atoms with Gasteiger partial charge in [-0.25, -0.2) is 19.6 Å². The Morgan fingerprint density at radius 2 is 1.41 bits per heavy atom. The number of unbranched alkanes of at least 4 members (excludes halogenated alkanes) is 2. The number of carbonyl (C=O) groups excluding carboxylic acids is 2. The Bertz CT molecular complexity index is 239. The third kappa shape index (κ3) is 25.2. The van der Waals surface area contributed by atoms with Crippen LogP contribution in [0.2, 0.25) is 0 Å². The summed E-state index contributed by atoms with van der Waals surface area (Å²) in [6, 6.07) is 0. The van der Waals surface area contributed by atoms with Crippen LogP contribution in [-0.4, -0.2) is 25.2 Å². The van der Waals surface area contributed by atoms with Gasteiger partial charge in [0.25, 0.3) is 0 Å². The van der Waals surface area contributed by atoms with Crippen molar-refractivity contribution >= 4 is 12.2 Å². The highest BCUT2D eigenvalue weighted by molar-refractivity contribution is 5.34. The zero-order valence-corrected chi connectivity index (χ0v) is 11.5. The first-order valence-corrected chi connectivity index (χ1v) is 6.05. The molecule has 0 aromatic carbocycles. The SMILES string of the molecule is CCCCCC(C)(C)C.O=C=NCCN=C=O. The molecule has 0 aliphatic heterocycles. The van der Waals surface area contributed by atoms with Crippen LogP contribution in [0.25, 0.3) is 0 Å². The summed E-state index contributed by atoms with van der Waals surface area (Å²) in [7, 11) is 0. The molecule has 0 aromatic heterocycles. The molecule has 0 fully saturated rings. The summed E-state index contributed by atoms with van der Waals surface area (Å²) in [5.74, 6) is 0. The zero-order chi connectivity index (χ0) is 13.6. The highest BCUT2D eigenvalue weighted by atomic mass is 16.1. The maximum Gasteiger partial charge on any atom is 0.235 e. The van der Waals surface area contributed by atoms with E-state index < -0.39 is 0 Å². The van der Waals surface area contributed by atoms with E-state index in [2.05, 4.69) is 37.7 Å². The molecule has 0 amide bonds. The molecule has 0 aromatic rings. The lowest BCUT2D eigenvalue weighted by molar-refractivity contribution is 0.359. The van der Waals surface area contributed by atoms with Crippen molar-refractivity contribution in [3.8, 4) is 0 Å². The summed E-state index contributed by atoms with van der Waals surface area (Å²) in [6.07, 6.45) is 8.15. The molecule has 0 bridgehead atoms. The Morgan fingerprint density at radius 3 is 1.71 bits per heavy atom. The maximum atomic E-state index is 9.34. The average Bonchev–Trinajstić information content (AvgIpc) is 2.24. The lowest BCUT2D eigenvalue weighted by atomic mass is 9.90. The minimum atomic E-state index is 0.221. The van der Waals surface area contributed by atoms with Gasteiger partial charge >= 0.3 is 0 Å². The van der Waals surface area contributed by atoms with Crippen molar-refractivity contribution < 1.29 is 9.59 Å². The number of aliphatic imine (C=N–C) groups is 2. The second-order valence-corrected chi connectivity index (χ2v) is 4.96. The number of rotatable bonds is 6. The molecule has 0 saturated carbocycles. The number of hydrogen-bond donors (Lipinski definition) is 0. The molecule has 0 aliphatic rings. The van der Waals surface area contributed by atoms with Gasteiger partial charge in [-0.3, -0.25) is 0 Å². The molecule has 0 radical (unpaired) electrons. The van der Waals surface area contributed by atoms with Crippen LogP contribution in [0.3, 0.4) is 0 Å². The minimum Gasteiger partial charge on any atom is -0.211 e. The van der Waals surface area contributed by atoms with Crippen LogP contribution < -0.4 is 0 Å². The van der Waals surface area contributed by atoms with Gasteiger partial charge in [0.05, 0.1) is 13.1 Å². The van der Waals surface area contributed by atoms with Crippen molar-refractivity contribution in [3.05, 3.63) is 0 Å². The van der Waals surface area contributed by atoms with Gasteiger partial charge in [-0.2, -0.15) is 0 Å². The lowest BCUT2D eigenvalue weighted by Gasteiger charge is -2.16. The quantitative estimate of drug-likeness (QED) is 0.406. The Morgan fingerprint density at radius 1 is 0.941 bits per heavy atom. The molecule has 98 valence electrons. The molecule has 17 heavy (non-hydrogen) atoms. The van der Waals surface area contributed by atoms with Crippen molar-refractivity contribution in [3.63, 3.8) is 0 Å². The monoisotopic (exact) mass is 240 g/mol. The first-order chi connectivity index (χ1) is 7.97. The zero-order valence-electron chi connectivity index (χ0n) is 11.5. The van der Waals surface area contributed by atoms with E-state index in [-0.39, 0.29) is 13.1 Å². The predicted molar refractivity (Wildman–Crippen MR) is 69.6 cm³/mol. The molecule has 0 spiro atoms. The van der Waals surface area contributed by atoms with Crippen molar-refractivity contribution in [1.82, 2.24) is 0 Å². The van der Waals surface area contributed by atoms with Gasteiger partial charge < -0.3 is 0 Å². The number of nitrogens with zero attached hydrogens (tertiary/aromatic N) is 2. The van der Waals surface area contributed by atoms with Crippen LogP contribution in [0.1, 0.15) is 53.4 Å². The minimum absolute atomic E-state index is 0.221. The van der Waals surface area contributed by atoms with E-state index in [1.165, 1.54) is 37.8 Å². The van der Waals surface area contributed by atoms with Gasteiger partial charge in [0.15, 0.2) is 0 Å². The smallest absolute Gasteiger partial charge is 0.211 e. The van der Waals surface area contributed by atoms with Gasteiger partial charge in [-0.05, 0) is 11.8 Å². The summed E-state index contributed by atoms with van der Waals surface area (Å²) in [5.41, 5.74) is 0.551. The van der Waals surface area contributed by atoms with Gasteiger partial charge in [-0.1, -0.05) is 47.0 Å². The summed E-state index contributed by atoms with van der Waals surface area (Å²) in [4.78, 5) is 24.9. The van der Waals surface area contributed by atoms with E-state index in [0.717, 1.165) is 0 Å². The first-order valence-electron chi connectivity index (χ1n) is 6.05. The summed E-state index contributed by atoms with van der Waals surface area (Å²) in [6.45, 7) is 9.62. The Labute approximate surface area is 104 Å². The van der Waals surface area contributed by atoms with E-state index in [1.807, 2.05) is 0 Å². The molecule has 0 unspecified atom stereocenters. The van der Waals surface area contributed by atoms with Crippen LogP contribution in [0.4, 0.5) is 0 Å². The van der Waals surface area contributed by atoms with Crippen molar-refractivity contribution in [2.24, 2.45) is 15.4 Å². The second kappa shape index (κ2) is 12.8.